The minimum absolute atomic E-state index is 0.0826. The first kappa shape index (κ1) is 19.0. The molecule has 0 saturated heterocycles. The van der Waals surface area contributed by atoms with Crippen LogP contribution in [0.1, 0.15) is 29.2 Å². The summed E-state index contributed by atoms with van der Waals surface area (Å²) in [5.41, 5.74) is 3.30. The maximum atomic E-state index is 12.3. The number of fused-ring (bicyclic) bond motifs is 1. The van der Waals surface area contributed by atoms with Gasteiger partial charge in [0.15, 0.2) is 5.58 Å². The third kappa shape index (κ3) is 4.42. The largest absolute Gasteiger partial charge is 0.573 e. The molecule has 8 heteroatoms. The highest BCUT2D eigenvalue weighted by atomic mass is 19.4. The number of pyridine rings is 1. The molecule has 2 aromatic heterocycles. The molecule has 2 heterocycles. The first-order valence-electron chi connectivity index (χ1n) is 8.96. The van der Waals surface area contributed by atoms with E-state index in [-0.39, 0.29) is 18.3 Å². The van der Waals surface area contributed by atoms with Crippen molar-refractivity contribution in [3.63, 3.8) is 0 Å². The zero-order valence-corrected chi connectivity index (χ0v) is 15.4. The molecule has 0 amide bonds. The standard InChI is InChI=1S/C21H17F3N2O3/c1-13-3-2-10-25-18(13)12-27-20-17-11-15(6-9-19(17)29-26-20)14-4-7-16(8-5-14)28-21(22,23)24/h2-4,6-11,14H,5,12H2,1H3. The van der Waals surface area contributed by atoms with Crippen molar-refractivity contribution in [3.05, 3.63) is 77.3 Å². The normalized spacial score (nSPS) is 16.7. The maximum absolute atomic E-state index is 12.3. The molecule has 0 bridgehead atoms. The van der Waals surface area contributed by atoms with Crippen molar-refractivity contribution in [1.29, 1.82) is 0 Å². The Labute approximate surface area is 164 Å². The Morgan fingerprint density at radius 2 is 2.10 bits per heavy atom. The third-order valence-electron chi connectivity index (χ3n) is 4.65. The summed E-state index contributed by atoms with van der Waals surface area (Å²) in [6.07, 6.45) is 1.85. The van der Waals surface area contributed by atoms with Crippen molar-refractivity contribution in [2.45, 2.75) is 32.2 Å². The Kier molecular flexibility index (Phi) is 5.00. The lowest BCUT2D eigenvalue weighted by atomic mass is 9.91. The van der Waals surface area contributed by atoms with E-state index < -0.39 is 6.36 Å². The van der Waals surface area contributed by atoms with E-state index >= 15 is 0 Å². The molecule has 0 saturated carbocycles. The summed E-state index contributed by atoms with van der Waals surface area (Å²) >= 11 is 0. The van der Waals surface area contributed by atoms with E-state index in [1.165, 1.54) is 12.2 Å². The van der Waals surface area contributed by atoms with Gasteiger partial charge in [-0.05, 0) is 60.0 Å². The Morgan fingerprint density at radius 3 is 2.83 bits per heavy atom. The molecule has 0 N–H and O–H groups in total. The van der Waals surface area contributed by atoms with Gasteiger partial charge >= 0.3 is 6.36 Å². The predicted octanol–water partition coefficient (Wildman–Crippen LogP) is 5.57. The van der Waals surface area contributed by atoms with Crippen LogP contribution in [-0.4, -0.2) is 16.5 Å². The average molecular weight is 402 g/mol. The quantitative estimate of drug-likeness (QED) is 0.558. The van der Waals surface area contributed by atoms with Crippen LogP contribution in [0.2, 0.25) is 0 Å². The van der Waals surface area contributed by atoms with E-state index in [0.29, 0.717) is 23.3 Å². The van der Waals surface area contributed by atoms with Crippen molar-refractivity contribution >= 4 is 11.0 Å². The number of aromatic nitrogens is 2. The zero-order chi connectivity index (χ0) is 20.4. The van der Waals surface area contributed by atoms with Crippen molar-refractivity contribution in [2.75, 3.05) is 0 Å². The summed E-state index contributed by atoms with van der Waals surface area (Å²) in [5.74, 6) is 0.0682. The molecule has 150 valence electrons. The maximum Gasteiger partial charge on any atom is 0.573 e. The number of hydrogen-bond donors (Lipinski definition) is 0. The Balaban J connectivity index is 1.50. The molecule has 1 atom stereocenters. The van der Waals surface area contributed by atoms with Gasteiger partial charge in [-0.25, -0.2) is 0 Å². The Bertz CT molecular complexity index is 1090. The van der Waals surface area contributed by atoms with Crippen LogP contribution in [0.4, 0.5) is 13.2 Å². The van der Waals surface area contributed by atoms with Crippen LogP contribution in [0, 0.1) is 6.92 Å². The van der Waals surface area contributed by atoms with Crippen LogP contribution in [-0.2, 0) is 11.3 Å². The minimum atomic E-state index is -4.69. The van der Waals surface area contributed by atoms with Crippen molar-refractivity contribution in [3.8, 4) is 5.88 Å². The van der Waals surface area contributed by atoms with E-state index in [4.69, 9.17) is 9.26 Å². The SMILES string of the molecule is Cc1cccnc1COc1noc2ccc(C3C=CC(OC(F)(F)F)=CC3)cc12. The number of rotatable bonds is 5. The number of aryl methyl sites for hydroxylation is 1. The van der Waals surface area contributed by atoms with Gasteiger partial charge in [0, 0.05) is 12.1 Å². The fourth-order valence-electron chi connectivity index (χ4n) is 3.13. The number of ether oxygens (including phenoxy) is 2. The van der Waals surface area contributed by atoms with E-state index in [1.54, 1.807) is 18.3 Å². The molecule has 0 spiro atoms. The van der Waals surface area contributed by atoms with Crippen LogP contribution in [0.25, 0.3) is 11.0 Å². The lowest BCUT2D eigenvalue weighted by Gasteiger charge is -2.18. The lowest BCUT2D eigenvalue weighted by Crippen LogP contribution is -2.13. The van der Waals surface area contributed by atoms with Crippen molar-refractivity contribution in [2.24, 2.45) is 0 Å². The number of alkyl halides is 3. The number of allylic oxidation sites excluding steroid dienone is 3. The highest BCUT2D eigenvalue weighted by Gasteiger charge is 2.32. The van der Waals surface area contributed by atoms with Crippen LogP contribution in [0.5, 0.6) is 5.88 Å². The van der Waals surface area contributed by atoms with Gasteiger partial charge in [-0.2, -0.15) is 0 Å². The second kappa shape index (κ2) is 7.62. The monoisotopic (exact) mass is 402 g/mol. The summed E-state index contributed by atoms with van der Waals surface area (Å²) in [6, 6.07) is 9.32. The predicted molar refractivity (Wildman–Crippen MR) is 99.0 cm³/mol. The molecule has 5 nitrogen and oxygen atoms in total. The molecular formula is C21H17F3N2O3. The summed E-state index contributed by atoms with van der Waals surface area (Å²) in [7, 11) is 0. The summed E-state index contributed by atoms with van der Waals surface area (Å²) in [4.78, 5) is 4.29. The highest BCUT2D eigenvalue weighted by molar-refractivity contribution is 5.83. The average Bonchev–Trinajstić information content (AvgIpc) is 3.09. The summed E-state index contributed by atoms with van der Waals surface area (Å²) in [5, 5.41) is 4.68. The fourth-order valence-corrected chi connectivity index (χ4v) is 3.13. The second-order valence-electron chi connectivity index (χ2n) is 6.65. The first-order valence-corrected chi connectivity index (χ1v) is 8.96. The van der Waals surface area contributed by atoms with Crippen molar-refractivity contribution in [1.82, 2.24) is 10.1 Å². The highest BCUT2D eigenvalue weighted by Crippen LogP contribution is 2.34. The first-order chi connectivity index (χ1) is 13.9. The fraction of sp³-hybridized carbons (Fsp3) is 0.238. The molecule has 0 radical (unpaired) electrons. The minimum Gasteiger partial charge on any atom is -0.469 e. The molecule has 1 aliphatic rings. The molecule has 0 aliphatic heterocycles. The van der Waals surface area contributed by atoms with Crippen molar-refractivity contribution < 1.29 is 27.2 Å². The van der Waals surface area contributed by atoms with E-state index in [9.17, 15) is 13.2 Å². The van der Waals surface area contributed by atoms with Gasteiger partial charge in [0.2, 0.25) is 0 Å². The summed E-state index contributed by atoms with van der Waals surface area (Å²) < 4.78 is 52.0. The molecule has 4 rings (SSSR count). The van der Waals surface area contributed by atoms with Gasteiger partial charge in [-0.3, -0.25) is 4.98 Å². The number of nitrogens with zero attached hydrogens (tertiary/aromatic N) is 2. The molecular weight excluding hydrogens is 385 g/mol. The Hall–Kier alpha value is -3.29. The lowest BCUT2D eigenvalue weighted by molar-refractivity contribution is -0.303. The van der Waals surface area contributed by atoms with Crippen LogP contribution in [0.15, 0.2) is 65.0 Å². The van der Waals surface area contributed by atoms with Crippen LogP contribution < -0.4 is 4.74 Å². The Morgan fingerprint density at radius 1 is 1.24 bits per heavy atom. The van der Waals surface area contributed by atoms with E-state index in [1.807, 2.05) is 31.2 Å². The van der Waals surface area contributed by atoms with Gasteiger partial charge in [-0.1, -0.05) is 18.2 Å². The molecule has 3 aromatic rings. The van der Waals surface area contributed by atoms with Gasteiger partial charge in [-0.15, -0.1) is 13.2 Å². The number of halogens is 3. The molecule has 1 unspecified atom stereocenters. The molecule has 1 aliphatic carbocycles. The van der Waals surface area contributed by atoms with Crippen LogP contribution >= 0.6 is 0 Å². The van der Waals surface area contributed by atoms with Gasteiger partial charge in [0.25, 0.3) is 5.88 Å². The van der Waals surface area contributed by atoms with Gasteiger partial charge in [0.1, 0.15) is 12.4 Å². The summed E-state index contributed by atoms with van der Waals surface area (Å²) in [6.45, 7) is 2.20. The second-order valence-corrected chi connectivity index (χ2v) is 6.65. The van der Waals surface area contributed by atoms with Crippen LogP contribution in [0.3, 0.4) is 0 Å². The van der Waals surface area contributed by atoms with Gasteiger partial charge in [0.05, 0.1) is 11.1 Å². The number of benzene rings is 1. The van der Waals surface area contributed by atoms with E-state index in [0.717, 1.165) is 16.8 Å². The van der Waals surface area contributed by atoms with E-state index in [2.05, 4.69) is 14.9 Å². The number of hydrogen-bond acceptors (Lipinski definition) is 5. The van der Waals surface area contributed by atoms with Gasteiger partial charge < -0.3 is 14.0 Å². The molecule has 1 aromatic carbocycles. The molecule has 29 heavy (non-hydrogen) atoms. The zero-order valence-electron chi connectivity index (χ0n) is 15.4. The molecule has 0 fully saturated rings. The topological polar surface area (TPSA) is 57.4 Å². The smallest absolute Gasteiger partial charge is 0.469 e. The third-order valence-corrected chi connectivity index (χ3v) is 4.65.